The first kappa shape index (κ1) is 10.1. The SMILES string of the molecule is O=S(=O)(c1cn[nH]c1)N1CCC(Br)C1. The van der Waals surface area contributed by atoms with Gasteiger partial charge in [-0.25, -0.2) is 8.42 Å². The van der Waals surface area contributed by atoms with Gasteiger partial charge in [-0.05, 0) is 6.42 Å². The molecule has 0 radical (unpaired) electrons. The number of aromatic nitrogens is 2. The molecule has 5 nitrogen and oxygen atoms in total. The molecule has 0 aliphatic carbocycles. The first-order valence-electron chi connectivity index (χ1n) is 4.24. The van der Waals surface area contributed by atoms with E-state index in [0.717, 1.165) is 6.42 Å². The first-order valence-corrected chi connectivity index (χ1v) is 6.59. The molecule has 1 N–H and O–H groups in total. The van der Waals surface area contributed by atoms with Crippen LogP contribution in [0.5, 0.6) is 0 Å². The summed E-state index contributed by atoms with van der Waals surface area (Å²) in [6.45, 7) is 1.11. The van der Waals surface area contributed by atoms with E-state index in [-0.39, 0.29) is 9.72 Å². The van der Waals surface area contributed by atoms with Crippen LogP contribution in [-0.4, -0.2) is 40.8 Å². The lowest BCUT2D eigenvalue weighted by molar-refractivity contribution is 0.478. The molecule has 0 aromatic carbocycles. The average Bonchev–Trinajstić information content (AvgIpc) is 2.72. The minimum atomic E-state index is -3.32. The standard InChI is InChI=1S/C7H10BrN3O2S/c8-6-1-2-11(5-6)14(12,13)7-3-9-10-4-7/h3-4,6H,1-2,5H2,(H,9,10). The summed E-state index contributed by atoms with van der Waals surface area (Å²) in [6, 6.07) is 0. The fraction of sp³-hybridized carbons (Fsp3) is 0.571. The molecule has 0 amide bonds. The van der Waals surface area contributed by atoms with Gasteiger partial charge in [-0.3, -0.25) is 5.10 Å². The summed E-state index contributed by atoms with van der Waals surface area (Å²) in [5.41, 5.74) is 0. The summed E-state index contributed by atoms with van der Waals surface area (Å²) in [5.74, 6) is 0. The fourth-order valence-corrected chi connectivity index (χ4v) is 3.59. The second-order valence-electron chi connectivity index (χ2n) is 3.18. The lowest BCUT2D eigenvalue weighted by Crippen LogP contribution is -2.28. The second kappa shape index (κ2) is 3.63. The van der Waals surface area contributed by atoms with Crippen molar-refractivity contribution < 1.29 is 8.42 Å². The molecule has 2 heterocycles. The van der Waals surface area contributed by atoms with Crippen LogP contribution in [0.4, 0.5) is 0 Å². The Morgan fingerprint density at radius 2 is 2.43 bits per heavy atom. The Balaban J connectivity index is 2.26. The normalized spacial score (nSPS) is 24.2. The van der Waals surface area contributed by atoms with Crippen molar-refractivity contribution >= 4 is 26.0 Å². The third-order valence-corrected chi connectivity index (χ3v) is 4.78. The van der Waals surface area contributed by atoms with Gasteiger partial charge in [0.15, 0.2) is 0 Å². The number of halogens is 1. The van der Waals surface area contributed by atoms with E-state index in [1.165, 1.54) is 16.7 Å². The van der Waals surface area contributed by atoms with Crippen molar-refractivity contribution in [1.82, 2.24) is 14.5 Å². The highest BCUT2D eigenvalue weighted by molar-refractivity contribution is 9.09. The van der Waals surface area contributed by atoms with E-state index >= 15 is 0 Å². The summed E-state index contributed by atoms with van der Waals surface area (Å²) in [4.78, 5) is 0.503. The number of hydrogen-bond donors (Lipinski definition) is 1. The Kier molecular flexibility index (Phi) is 2.63. The van der Waals surface area contributed by atoms with E-state index in [2.05, 4.69) is 26.1 Å². The molecule has 1 aliphatic rings. The van der Waals surface area contributed by atoms with Gasteiger partial charge in [0, 0.05) is 24.1 Å². The molecule has 0 spiro atoms. The molecule has 1 unspecified atom stereocenters. The van der Waals surface area contributed by atoms with Crippen molar-refractivity contribution in [2.75, 3.05) is 13.1 Å². The quantitative estimate of drug-likeness (QED) is 0.805. The number of alkyl halides is 1. The predicted molar refractivity (Wildman–Crippen MR) is 54.7 cm³/mol. The lowest BCUT2D eigenvalue weighted by Gasteiger charge is -2.13. The molecule has 1 aromatic heterocycles. The zero-order chi connectivity index (χ0) is 10.2. The molecule has 7 heteroatoms. The maximum Gasteiger partial charge on any atom is 0.246 e. The van der Waals surface area contributed by atoms with Gasteiger partial charge in [0.2, 0.25) is 10.0 Å². The Labute approximate surface area is 90.7 Å². The third kappa shape index (κ3) is 1.71. The molecule has 78 valence electrons. The molecule has 1 aliphatic heterocycles. The first-order chi connectivity index (χ1) is 6.60. The maximum absolute atomic E-state index is 11.9. The van der Waals surface area contributed by atoms with Crippen LogP contribution < -0.4 is 0 Å². The number of hydrogen-bond acceptors (Lipinski definition) is 3. The summed E-state index contributed by atoms with van der Waals surface area (Å²) in [7, 11) is -3.32. The molecule has 0 saturated carbocycles. The molecule has 14 heavy (non-hydrogen) atoms. The topological polar surface area (TPSA) is 66.1 Å². The number of rotatable bonds is 2. The number of aromatic amines is 1. The number of H-pyrrole nitrogens is 1. The molecule has 1 aromatic rings. The largest absolute Gasteiger partial charge is 0.284 e. The van der Waals surface area contributed by atoms with E-state index in [4.69, 9.17) is 0 Å². The van der Waals surface area contributed by atoms with Crippen molar-refractivity contribution in [3.05, 3.63) is 12.4 Å². The summed E-state index contributed by atoms with van der Waals surface area (Å²) >= 11 is 3.40. The molecule has 1 saturated heterocycles. The van der Waals surface area contributed by atoms with Crippen molar-refractivity contribution in [2.45, 2.75) is 16.1 Å². The Bertz CT molecular complexity index is 403. The van der Waals surface area contributed by atoms with Crippen molar-refractivity contribution in [3.63, 3.8) is 0 Å². The van der Waals surface area contributed by atoms with Crippen molar-refractivity contribution in [1.29, 1.82) is 0 Å². The Morgan fingerprint density at radius 3 is 2.93 bits per heavy atom. The number of nitrogens with zero attached hydrogens (tertiary/aromatic N) is 2. The van der Waals surface area contributed by atoms with Crippen LogP contribution in [0.2, 0.25) is 0 Å². The average molecular weight is 280 g/mol. The van der Waals surface area contributed by atoms with E-state index in [0.29, 0.717) is 13.1 Å². The molecule has 2 rings (SSSR count). The van der Waals surface area contributed by atoms with Gasteiger partial charge >= 0.3 is 0 Å². The highest BCUT2D eigenvalue weighted by Gasteiger charge is 2.31. The lowest BCUT2D eigenvalue weighted by atomic mass is 10.4. The molecular formula is C7H10BrN3O2S. The maximum atomic E-state index is 11.9. The van der Waals surface area contributed by atoms with Gasteiger partial charge in [-0.15, -0.1) is 0 Å². The molecule has 1 fully saturated rings. The smallest absolute Gasteiger partial charge is 0.246 e. The highest BCUT2D eigenvalue weighted by atomic mass is 79.9. The van der Waals surface area contributed by atoms with E-state index in [1.807, 2.05) is 0 Å². The zero-order valence-corrected chi connectivity index (χ0v) is 9.75. The van der Waals surface area contributed by atoms with E-state index in [9.17, 15) is 8.42 Å². The predicted octanol–water partition coefficient (Wildman–Crippen LogP) is 0.568. The number of sulfonamides is 1. The van der Waals surface area contributed by atoms with Crippen LogP contribution in [0.25, 0.3) is 0 Å². The van der Waals surface area contributed by atoms with Gasteiger partial charge < -0.3 is 0 Å². The second-order valence-corrected chi connectivity index (χ2v) is 6.42. The third-order valence-electron chi connectivity index (χ3n) is 2.20. The van der Waals surface area contributed by atoms with Gasteiger partial charge in [0.05, 0.1) is 6.20 Å². The Hall–Kier alpha value is -0.400. The minimum absolute atomic E-state index is 0.235. The summed E-state index contributed by atoms with van der Waals surface area (Å²) in [6.07, 6.45) is 3.59. The van der Waals surface area contributed by atoms with Crippen LogP contribution in [0.15, 0.2) is 17.3 Å². The van der Waals surface area contributed by atoms with E-state index < -0.39 is 10.0 Å². The number of nitrogens with one attached hydrogen (secondary N) is 1. The van der Waals surface area contributed by atoms with Gasteiger partial charge in [0.25, 0.3) is 0 Å². The molecular weight excluding hydrogens is 270 g/mol. The summed E-state index contributed by atoms with van der Waals surface area (Å²) in [5, 5.41) is 6.14. The van der Waals surface area contributed by atoms with Crippen molar-refractivity contribution in [3.8, 4) is 0 Å². The summed E-state index contributed by atoms with van der Waals surface area (Å²) < 4.78 is 25.2. The van der Waals surface area contributed by atoms with Crippen LogP contribution in [0, 0.1) is 0 Å². The van der Waals surface area contributed by atoms with Crippen LogP contribution in [0.3, 0.4) is 0 Å². The fourth-order valence-electron chi connectivity index (χ4n) is 1.44. The molecule has 1 atom stereocenters. The minimum Gasteiger partial charge on any atom is -0.284 e. The van der Waals surface area contributed by atoms with Gasteiger partial charge in [-0.2, -0.15) is 9.40 Å². The molecule has 0 bridgehead atoms. The monoisotopic (exact) mass is 279 g/mol. The van der Waals surface area contributed by atoms with Gasteiger partial charge in [-0.1, -0.05) is 15.9 Å². The Morgan fingerprint density at radius 1 is 1.64 bits per heavy atom. The van der Waals surface area contributed by atoms with Crippen LogP contribution in [0.1, 0.15) is 6.42 Å². The van der Waals surface area contributed by atoms with E-state index in [1.54, 1.807) is 0 Å². The van der Waals surface area contributed by atoms with Crippen LogP contribution >= 0.6 is 15.9 Å². The van der Waals surface area contributed by atoms with Crippen LogP contribution in [-0.2, 0) is 10.0 Å². The zero-order valence-electron chi connectivity index (χ0n) is 7.35. The highest BCUT2D eigenvalue weighted by Crippen LogP contribution is 2.23. The van der Waals surface area contributed by atoms with Gasteiger partial charge in [0.1, 0.15) is 4.90 Å². The van der Waals surface area contributed by atoms with Crippen molar-refractivity contribution in [2.24, 2.45) is 0 Å².